The summed E-state index contributed by atoms with van der Waals surface area (Å²) < 4.78 is 35.7. The van der Waals surface area contributed by atoms with E-state index in [9.17, 15) is 13.2 Å². The lowest BCUT2D eigenvalue weighted by atomic mass is 10.0. The van der Waals surface area contributed by atoms with E-state index in [1.165, 1.54) is 5.56 Å². The molecule has 0 bridgehead atoms. The summed E-state index contributed by atoms with van der Waals surface area (Å²) in [5, 5.41) is 0. The highest BCUT2D eigenvalue weighted by atomic mass is 19.4. The molecule has 0 heterocycles. The Bertz CT molecular complexity index is 308. The van der Waals surface area contributed by atoms with Crippen molar-refractivity contribution in [1.29, 1.82) is 0 Å². The number of nitrogens with two attached hydrogens (primary N) is 1. The lowest BCUT2D eigenvalue weighted by Crippen LogP contribution is -2.21. The second-order valence-electron chi connectivity index (χ2n) is 4.29. The van der Waals surface area contributed by atoms with E-state index in [1.54, 1.807) is 0 Å². The highest BCUT2D eigenvalue weighted by Gasteiger charge is 2.26. The lowest BCUT2D eigenvalue weighted by Gasteiger charge is -2.12. The number of halogens is 3. The second kappa shape index (κ2) is 6.64. The van der Waals surface area contributed by atoms with Crippen LogP contribution in [0.2, 0.25) is 0 Å². The number of hydrogen-bond donors (Lipinski definition) is 1. The van der Waals surface area contributed by atoms with Gasteiger partial charge in [-0.2, -0.15) is 13.2 Å². The van der Waals surface area contributed by atoms with Gasteiger partial charge in [0.1, 0.15) is 0 Å². The van der Waals surface area contributed by atoms with E-state index in [2.05, 4.69) is 0 Å². The van der Waals surface area contributed by atoms with Crippen LogP contribution in [0, 0.1) is 0 Å². The molecule has 17 heavy (non-hydrogen) atoms. The normalized spacial score (nSPS) is 13.6. The molecule has 2 N–H and O–H groups in total. The van der Waals surface area contributed by atoms with E-state index in [0.29, 0.717) is 6.42 Å². The fourth-order valence-electron chi connectivity index (χ4n) is 1.71. The van der Waals surface area contributed by atoms with Gasteiger partial charge in [-0.25, -0.2) is 0 Å². The lowest BCUT2D eigenvalue weighted by molar-refractivity contribution is -0.135. The molecule has 0 saturated heterocycles. The monoisotopic (exact) mass is 245 g/mol. The highest BCUT2D eigenvalue weighted by molar-refractivity contribution is 5.14. The average molecular weight is 245 g/mol. The Balaban J connectivity index is 2.15. The quantitative estimate of drug-likeness (QED) is 0.812. The van der Waals surface area contributed by atoms with E-state index in [4.69, 9.17) is 5.73 Å². The molecule has 1 aromatic carbocycles. The van der Waals surface area contributed by atoms with E-state index >= 15 is 0 Å². The SMILES string of the molecule is NC(CCCC(F)(F)F)CCc1ccccc1. The van der Waals surface area contributed by atoms with Crippen molar-refractivity contribution in [3.63, 3.8) is 0 Å². The third-order valence-electron chi connectivity index (χ3n) is 2.68. The molecule has 0 aromatic heterocycles. The summed E-state index contributed by atoms with van der Waals surface area (Å²) in [5.41, 5.74) is 6.96. The molecule has 1 rings (SSSR count). The van der Waals surface area contributed by atoms with Gasteiger partial charge in [0.25, 0.3) is 0 Å². The molecule has 0 fully saturated rings. The molecule has 1 nitrogen and oxygen atoms in total. The molecule has 4 heteroatoms. The summed E-state index contributed by atoms with van der Waals surface area (Å²) in [4.78, 5) is 0. The maximum Gasteiger partial charge on any atom is 0.389 e. The Morgan fingerprint density at radius 2 is 1.71 bits per heavy atom. The van der Waals surface area contributed by atoms with E-state index in [-0.39, 0.29) is 12.5 Å². The van der Waals surface area contributed by atoms with Crippen LogP contribution in [0.3, 0.4) is 0 Å². The van der Waals surface area contributed by atoms with Gasteiger partial charge in [-0.3, -0.25) is 0 Å². The van der Waals surface area contributed by atoms with Gasteiger partial charge in [0.05, 0.1) is 0 Å². The summed E-state index contributed by atoms with van der Waals surface area (Å²) in [5.74, 6) is 0. The fourth-order valence-corrected chi connectivity index (χ4v) is 1.71. The molecule has 0 spiro atoms. The molecule has 1 atom stereocenters. The first-order valence-electron chi connectivity index (χ1n) is 5.83. The molecule has 0 amide bonds. The van der Waals surface area contributed by atoms with Crippen molar-refractivity contribution in [1.82, 2.24) is 0 Å². The molecule has 1 aromatic rings. The summed E-state index contributed by atoms with van der Waals surface area (Å²) >= 11 is 0. The van der Waals surface area contributed by atoms with Crippen LogP contribution in [0.5, 0.6) is 0 Å². The Labute approximate surface area is 99.8 Å². The summed E-state index contributed by atoms with van der Waals surface area (Å²) in [7, 11) is 0. The summed E-state index contributed by atoms with van der Waals surface area (Å²) in [6, 6.07) is 9.70. The minimum atomic E-state index is -4.06. The number of hydrogen-bond acceptors (Lipinski definition) is 1. The Morgan fingerprint density at radius 3 is 2.29 bits per heavy atom. The highest BCUT2D eigenvalue weighted by Crippen LogP contribution is 2.22. The van der Waals surface area contributed by atoms with E-state index < -0.39 is 12.6 Å². The van der Waals surface area contributed by atoms with Gasteiger partial charge in [-0.15, -0.1) is 0 Å². The zero-order chi connectivity index (χ0) is 12.7. The Hall–Kier alpha value is -1.03. The third-order valence-corrected chi connectivity index (χ3v) is 2.68. The third kappa shape index (κ3) is 7.00. The van der Waals surface area contributed by atoms with Gasteiger partial charge in [-0.1, -0.05) is 30.3 Å². The van der Waals surface area contributed by atoms with Gasteiger partial charge in [0.15, 0.2) is 0 Å². The van der Waals surface area contributed by atoms with Gasteiger partial charge in [-0.05, 0) is 31.2 Å². The largest absolute Gasteiger partial charge is 0.389 e. The van der Waals surface area contributed by atoms with E-state index in [0.717, 1.165) is 12.8 Å². The predicted molar refractivity (Wildman–Crippen MR) is 62.6 cm³/mol. The van der Waals surface area contributed by atoms with Gasteiger partial charge < -0.3 is 5.73 Å². The maximum absolute atomic E-state index is 11.9. The molecular weight excluding hydrogens is 227 g/mol. The molecular formula is C13H18F3N. The maximum atomic E-state index is 11.9. The van der Waals surface area contributed by atoms with Crippen LogP contribution >= 0.6 is 0 Å². The van der Waals surface area contributed by atoms with Crippen molar-refractivity contribution in [3.8, 4) is 0 Å². The van der Waals surface area contributed by atoms with Crippen molar-refractivity contribution in [2.45, 2.75) is 44.3 Å². The van der Waals surface area contributed by atoms with Crippen LogP contribution in [0.1, 0.15) is 31.2 Å². The smallest absolute Gasteiger partial charge is 0.328 e. The average Bonchev–Trinajstić information content (AvgIpc) is 2.26. The minimum Gasteiger partial charge on any atom is -0.328 e. The number of aryl methyl sites for hydroxylation is 1. The molecule has 1 unspecified atom stereocenters. The van der Waals surface area contributed by atoms with Crippen molar-refractivity contribution in [3.05, 3.63) is 35.9 Å². The van der Waals surface area contributed by atoms with Crippen LogP contribution < -0.4 is 5.73 Å². The van der Waals surface area contributed by atoms with Crippen molar-refractivity contribution < 1.29 is 13.2 Å². The summed E-state index contributed by atoms with van der Waals surface area (Å²) in [6.45, 7) is 0. The van der Waals surface area contributed by atoms with Crippen molar-refractivity contribution in [2.75, 3.05) is 0 Å². The van der Waals surface area contributed by atoms with Gasteiger partial charge in [0.2, 0.25) is 0 Å². The van der Waals surface area contributed by atoms with Crippen LogP contribution in [0.4, 0.5) is 13.2 Å². The fraction of sp³-hybridized carbons (Fsp3) is 0.538. The number of benzene rings is 1. The van der Waals surface area contributed by atoms with E-state index in [1.807, 2.05) is 30.3 Å². The van der Waals surface area contributed by atoms with Crippen LogP contribution in [0.25, 0.3) is 0 Å². The zero-order valence-electron chi connectivity index (χ0n) is 9.71. The Kier molecular flexibility index (Phi) is 5.48. The van der Waals surface area contributed by atoms with Crippen LogP contribution in [0.15, 0.2) is 30.3 Å². The first-order chi connectivity index (χ1) is 7.97. The van der Waals surface area contributed by atoms with Gasteiger partial charge >= 0.3 is 6.18 Å². The standard InChI is InChI=1S/C13H18F3N/c14-13(15,16)10-4-7-12(17)9-8-11-5-2-1-3-6-11/h1-3,5-6,12H,4,7-10,17H2. The number of alkyl halides is 3. The van der Waals surface area contributed by atoms with Crippen LogP contribution in [-0.4, -0.2) is 12.2 Å². The van der Waals surface area contributed by atoms with Gasteiger partial charge in [0, 0.05) is 12.5 Å². The topological polar surface area (TPSA) is 26.0 Å². The summed E-state index contributed by atoms with van der Waals surface area (Å²) in [6.07, 6.45) is -2.66. The molecule has 0 radical (unpaired) electrons. The molecule has 0 saturated carbocycles. The molecule has 96 valence electrons. The minimum absolute atomic E-state index is 0.124. The number of rotatable bonds is 6. The second-order valence-corrected chi connectivity index (χ2v) is 4.29. The zero-order valence-corrected chi connectivity index (χ0v) is 9.71. The van der Waals surface area contributed by atoms with Crippen molar-refractivity contribution >= 4 is 0 Å². The molecule has 0 aliphatic heterocycles. The first kappa shape index (κ1) is 14.0. The van der Waals surface area contributed by atoms with Crippen LogP contribution in [-0.2, 0) is 6.42 Å². The molecule has 0 aliphatic carbocycles. The first-order valence-corrected chi connectivity index (χ1v) is 5.83. The predicted octanol–water partition coefficient (Wildman–Crippen LogP) is 3.68. The van der Waals surface area contributed by atoms with Crippen molar-refractivity contribution in [2.24, 2.45) is 5.73 Å². The molecule has 0 aliphatic rings. The Morgan fingerprint density at radius 1 is 1.06 bits per heavy atom.